The number of sulfonamides is 1. The summed E-state index contributed by atoms with van der Waals surface area (Å²) in [7, 11) is -0.625. The van der Waals surface area contributed by atoms with Gasteiger partial charge in [0.1, 0.15) is 11.5 Å². The lowest BCUT2D eigenvalue weighted by atomic mass is 9.95. The van der Waals surface area contributed by atoms with E-state index in [1.165, 1.54) is 0 Å². The molecule has 158 valence electrons. The van der Waals surface area contributed by atoms with Crippen LogP contribution in [0.2, 0.25) is 0 Å². The maximum Gasteiger partial charge on any atom is 0.241 e. The largest absolute Gasteiger partial charge is 0.497 e. The molecule has 0 fully saturated rings. The summed E-state index contributed by atoms with van der Waals surface area (Å²) in [5.41, 5.74) is 9.04. The highest BCUT2D eigenvalue weighted by molar-refractivity contribution is 7.89. The Labute approximate surface area is 177 Å². The van der Waals surface area contributed by atoms with Crippen LogP contribution in [-0.4, -0.2) is 22.6 Å². The van der Waals surface area contributed by atoms with Gasteiger partial charge in [-0.1, -0.05) is 42.0 Å². The van der Waals surface area contributed by atoms with Gasteiger partial charge in [0.25, 0.3) is 0 Å². The third kappa shape index (κ3) is 4.99. The van der Waals surface area contributed by atoms with Crippen LogP contribution in [0.4, 0.5) is 0 Å². The molecule has 3 aromatic carbocycles. The minimum atomic E-state index is -3.79. The second-order valence-electron chi connectivity index (χ2n) is 6.98. The van der Waals surface area contributed by atoms with Crippen LogP contribution < -0.4 is 19.9 Å². The van der Waals surface area contributed by atoms with E-state index in [1.54, 1.807) is 62.8 Å². The summed E-state index contributed by atoms with van der Waals surface area (Å²) in [4.78, 5) is 0.188. The van der Waals surface area contributed by atoms with Crippen molar-refractivity contribution >= 4 is 10.0 Å². The van der Waals surface area contributed by atoms with Gasteiger partial charge < -0.3 is 15.2 Å². The Bertz CT molecular complexity index is 1060. The Morgan fingerprint density at radius 2 is 1.23 bits per heavy atom. The molecule has 0 heterocycles. The Morgan fingerprint density at radius 1 is 0.767 bits per heavy atom. The smallest absolute Gasteiger partial charge is 0.241 e. The normalized spacial score (nSPS) is 13.5. The molecule has 2 unspecified atom stereocenters. The molecule has 6 nitrogen and oxygen atoms in total. The lowest BCUT2D eigenvalue weighted by Crippen LogP contribution is -2.36. The van der Waals surface area contributed by atoms with E-state index in [0.717, 1.165) is 16.7 Å². The van der Waals surface area contributed by atoms with E-state index in [9.17, 15) is 8.42 Å². The van der Waals surface area contributed by atoms with Gasteiger partial charge in [0.05, 0.1) is 31.2 Å². The van der Waals surface area contributed by atoms with Crippen molar-refractivity contribution in [1.29, 1.82) is 0 Å². The van der Waals surface area contributed by atoms with E-state index in [1.807, 2.05) is 31.2 Å². The van der Waals surface area contributed by atoms with E-state index < -0.39 is 22.1 Å². The fourth-order valence-corrected chi connectivity index (χ4v) is 4.38. The minimum Gasteiger partial charge on any atom is -0.497 e. The molecule has 0 aliphatic heterocycles. The van der Waals surface area contributed by atoms with Crippen LogP contribution in [-0.2, 0) is 10.0 Å². The van der Waals surface area contributed by atoms with Crippen molar-refractivity contribution < 1.29 is 17.9 Å². The monoisotopic (exact) mass is 426 g/mol. The predicted molar refractivity (Wildman–Crippen MR) is 117 cm³/mol. The summed E-state index contributed by atoms with van der Waals surface area (Å²) in [6, 6.07) is 19.8. The standard InChI is InChI=1S/C23H26N2O4S/c1-16-4-14-21(15-5-16)30(26,27)25-23(18-8-12-20(29-3)13-9-18)22(24)17-6-10-19(28-2)11-7-17/h4-15,22-23,25H,24H2,1-3H3. The molecule has 0 aliphatic carbocycles. The maximum absolute atomic E-state index is 13.1. The number of nitrogens with one attached hydrogen (secondary N) is 1. The molecule has 0 bridgehead atoms. The van der Waals surface area contributed by atoms with Crippen LogP contribution in [0.15, 0.2) is 77.7 Å². The number of hydrogen-bond donors (Lipinski definition) is 2. The van der Waals surface area contributed by atoms with Crippen molar-refractivity contribution in [3.05, 3.63) is 89.5 Å². The van der Waals surface area contributed by atoms with Crippen molar-refractivity contribution in [2.45, 2.75) is 23.9 Å². The molecule has 0 aliphatic rings. The first-order chi connectivity index (χ1) is 14.3. The zero-order valence-corrected chi connectivity index (χ0v) is 18.0. The Kier molecular flexibility index (Phi) is 6.77. The zero-order valence-electron chi connectivity index (χ0n) is 17.2. The van der Waals surface area contributed by atoms with Gasteiger partial charge in [-0.2, -0.15) is 0 Å². The van der Waals surface area contributed by atoms with E-state index >= 15 is 0 Å². The Hall–Kier alpha value is -2.87. The van der Waals surface area contributed by atoms with E-state index in [4.69, 9.17) is 15.2 Å². The Morgan fingerprint density at radius 3 is 1.70 bits per heavy atom. The van der Waals surface area contributed by atoms with Gasteiger partial charge >= 0.3 is 0 Å². The van der Waals surface area contributed by atoms with Gasteiger partial charge in [-0.3, -0.25) is 0 Å². The SMILES string of the molecule is COc1ccc(C(N)C(NS(=O)(=O)c2ccc(C)cc2)c2ccc(OC)cc2)cc1. The number of hydrogen-bond acceptors (Lipinski definition) is 5. The number of ether oxygens (including phenoxy) is 2. The molecule has 3 rings (SSSR count). The minimum absolute atomic E-state index is 0.188. The average Bonchev–Trinajstić information content (AvgIpc) is 2.77. The quantitative estimate of drug-likeness (QED) is 0.573. The third-order valence-corrected chi connectivity index (χ3v) is 6.41. The highest BCUT2D eigenvalue weighted by Crippen LogP contribution is 2.31. The lowest BCUT2D eigenvalue weighted by Gasteiger charge is -2.26. The molecule has 7 heteroatoms. The molecule has 0 spiro atoms. The van der Waals surface area contributed by atoms with Gasteiger partial charge in [-0.25, -0.2) is 13.1 Å². The molecular weight excluding hydrogens is 400 g/mol. The predicted octanol–water partition coefficient (Wildman–Crippen LogP) is 3.73. The number of methoxy groups -OCH3 is 2. The first-order valence-electron chi connectivity index (χ1n) is 9.46. The number of rotatable bonds is 8. The van der Waals surface area contributed by atoms with E-state index in [-0.39, 0.29) is 4.90 Å². The average molecular weight is 427 g/mol. The fourth-order valence-electron chi connectivity index (χ4n) is 3.13. The van der Waals surface area contributed by atoms with Crippen molar-refractivity contribution in [3.8, 4) is 11.5 Å². The molecule has 0 amide bonds. The van der Waals surface area contributed by atoms with E-state index in [0.29, 0.717) is 11.5 Å². The highest BCUT2D eigenvalue weighted by atomic mass is 32.2. The lowest BCUT2D eigenvalue weighted by molar-refractivity contribution is 0.413. The summed E-state index contributed by atoms with van der Waals surface area (Å²) in [5, 5.41) is 0. The van der Waals surface area contributed by atoms with Crippen molar-refractivity contribution in [2.24, 2.45) is 5.73 Å². The molecule has 0 saturated carbocycles. The molecular formula is C23H26N2O4S. The van der Waals surface area contributed by atoms with Crippen molar-refractivity contribution in [3.63, 3.8) is 0 Å². The van der Waals surface area contributed by atoms with Gasteiger partial charge in [0, 0.05) is 0 Å². The molecule has 2 atom stereocenters. The first kappa shape index (κ1) is 21.8. The van der Waals surface area contributed by atoms with Crippen LogP contribution in [0.25, 0.3) is 0 Å². The molecule has 0 saturated heterocycles. The maximum atomic E-state index is 13.1. The molecule has 0 radical (unpaired) electrons. The number of benzene rings is 3. The third-order valence-electron chi connectivity index (χ3n) is 4.95. The topological polar surface area (TPSA) is 90.6 Å². The summed E-state index contributed by atoms with van der Waals surface area (Å²) >= 11 is 0. The number of aryl methyl sites for hydroxylation is 1. The van der Waals surface area contributed by atoms with Gasteiger partial charge in [-0.15, -0.1) is 0 Å². The second-order valence-corrected chi connectivity index (χ2v) is 8.70. The molecule has 3 aromatic rings. The Balaban J connectivity index is 1.98. The van der Waals surface area contributed by atoms with Crippen LogP contribution in [0.3, 0.4) is 0 Å². The van der Waals surface area contributed by atoms with Gasteiger partial charge in [0.15, 0.2) is 0 Å². The molecule has 0 aromatic heterocycles. The molecule has 30 heavy (non-hydrogen) atoms. The number of nitrogens with two attached hydrogens (primary N) is 1. The van der Waals surface area contributed by atoms with Gasteiger partial charge in [0.2, 0.25) is 10.0 Å². The first-order valence-corrected chi connectivity index (χ1v) is 10.9. The van der Waals surface area contributed by atoms with Crippen LogP contribution in [0.5, 0.6) is 11.5 Å². The van der Waals surface area contributed by atoms with Crippen molar-refractivity contribution in [2.75, 3.05) is 14.2 Å². The van der Waals surface area contributed by atoms with Crippen LogP contribution in [0, 0.1) is 6.92 Å². The summed E-state index contributed by atoms with van der Waals surface area (Å²) in [6.45, 7) is 1.91. The zero-order chi connectivity index (χ0) is 21.7. The molecule has 3 N–H and O–H groups in total. The summed E-state index contributed by atoms with van der Waals surface area (Å²) in [5.74, 6) is 1.38. The second kappa shape index (κ2) is 9.30. The van der Waals surface area contributed by atoms with Crippen molar-refractivity contribution in [1.82, 2.24) is 4.72 Å². The van der Waals surface area contributed by atoms with E-state index in [2.05, 4.69) is 4.72 Å². The van der Waals surface area contributed by atoms with Gasteiger partial charge in [-0.05, 0) is 54.4 Å². The highest BCUT2D eigenvalue weighted by Gasteiger charge is 2.27. The fraction of sp³-hybridized carbons (Fsp3) is 0.217. The summed E-state index contributed by atoms with van der Waals surface area (Å²) < 4.78 is 39.4. The van der Waals surface area contributed by atoms with Crippen LogP contribution in [0.1, 0.15) is 28.8 Å². The summed E-state index contributed by atoms with van der Waals surface area (Å²) in [6.07, 6.45) is 0. The van der Waals surface area contributed by atoms with Crippen LogP contribution >= 0.6 is 0 Å².